The van der Waals surface area contributed by atoms with Crippen molar-refractivity contribution < 1.29 is 4.39 Å². The number of nitrogens with one attached hydrogen (secondary N) is 1. The van der Waals surface area contributed by atoms with E-state index in [4.69, 9.17) is 11.5 Å². The van der Waals surface area contributed by atoms with Crippen LogP contribution in [0.25, 0.3) is 0 Å². The number of amidine groups is 1. The van der Waals surface area contributed by atoms with Crippen LogP contribution in [0.4, 0.5) is 10.2 Å². The second-order valence-electron chi connectivity index (χ2n) is 6.25. The number of pyridine rings is 1. The van der Waals surface area contributed by atoms with Gasteiger partial charge in [0, 0.05) is 49.7 Å². The predicted octanol–water partition coefficient (Wildman–Crippen LogP) is 0.296. The molecule has 1 aromatic heterocycles. The number of aliphatic imine (C=N–C) groups is 1. The molecule has 0 aromatic carbocycles. The number of likely N-dealkylation sites (N-methyl/N-ethyl adjacent to an activating group) is 1. The molecule has 2 aliphatic rings. The molecular weight excluding hydrogens is 309 g/mol. The van der Waals surface area contributed by atoms with E-state index in [0.717, 1.165) is 38.2 Å². The van der Waals surface area contributed by atoms with Crippen LogP contribution in [0.1, 0.15) is 18.9 Å². The Morgan fingerprint density at radius 2 is 2.04 bits per heavy atom. The number of piperazine rings is 1. The van der Waals surface area contributed by atoms with E-state index in [1.54, 1.807) is 12.4 Å². The van der Waals surface area contributed by atoms with Gasteiger partial charge < -0.3 is 20.9 Å². The van der Waals surface area contributed by atoms with Crippen LogP contribution in [0.2, 0.25) is 0 Å². The predicted molar refractivity (Wildman–Crippen MR) is 92.9 cm³/mol. The van der Waals surface area contributed by atoms with Crippen molar-refractivity contribution in [1.29, 1.82) is 0 Å². The minimum Gasteiger partial charge on any atom is -0.384 e. The van der Waals surface area contributed by atoms with Crippen LogP contribution < -0.4 is 21.7 Å². The molecule has 5 N–H and O–H groups in total. The highest BCUT2D eigenvalue weighted by Crippen LogP contribution is 2.25. The summed E-state index contributed by atoms with van der Waals surface area (Å²) in [5.74, 6) is -0.977. The molecule has 1 atom stereocenters. The van der Waals surface area contributed by atoms with Crippen molar-refractivity contribution in [3.63, 3.8) is 0 Å². The smallest absolute Gasteiger partial charge is 0.212 e. The Labute approximate surface area is 141 Å². The summed E-state index contributed by atoms with van der Waals surface area (Å²) in [4.78, 5) is 12.7. The lowest BCUT2D eigenvalue weighted by atomic mass is 10.1. The van der Waals surface area contributed by atoms with Crippen molar-refractivity contribution in [2.45, 2.75) is 19.1 Å². The molecule has 0 aliphatic carbocycles. The first-order valence-electron chi connectivity index (χ1n) is 8.14. The van der Waals surface area contributed by atoms with Crippen LogP contribution in [0, 0.1) is 5.82 Å². The maximum atomic E-state index is 14.6. The minimum absolute atomic E-state index is 0.355. The normalized spacial score (nSPS) is 25.1. The van der Waals surface area contributed by atoms with E-state index in [1.165, 1.54) is 6.07 Å². The molecule has 0 radical (unpaired) electrons. The molecule has 0 bridgehead atoms. The molecule has 24 heavy (non-hydrogen) atoms. The molecule has 0 amide bonds. The number of anilines is 1. The van der Waals surface area contributed by atoms with Crippen molar-refractivity contribution in [3.8, 4) is 0 Å². The third-order valence-electron chi connectivity index (χ3n) is 4.54. The first-order chi connectivity index (χ1) is 11.4. The van der Waals surface area contributed by atoms with Gasteiger partial charge in [0.2, 0.25) is 5.79 Å². The number of hydrogen-bond acceptors (Lipinski definition) is 7. The molecule has 7 nitrogen and oxygen atoms in total. The maximum absolute atomic E-state index is 14.6. The van der Waals surface area contributed by atoms with Gasteiger partial charge in [-0.25, -0.2) is 14.4 Å². The van der Waals surface area contributed by atoms with Crippen LogP contribution in [0.15, 0.2) is 29.0 Å². The lowest BCUT2D eigenvalue weighted by molar-refractivity contribution is 0.310. The monoisotopic (exact) mass is 333 g/mol. The Kier molecular flexibility index (Phi) is 4.42. The van der Waals surface area contributed by atoms with Crippen LogP contribution >= 0.6 is 0 Å². The Morgan fingerprint density at radius 3 is 2.62 bits per heavy atom. The van der Waals surface area contributed by atoms with E-state index in [2.05, 4.69) is 27.2 Å². The van der Waals surface area contributed by atoms with Gasteiger partial charge in [-0.1, -0.05) is 6.92 Å². The lowest BCUT2D eigenvalue weighted by Gasteiger charge is -2.34. The van der Waals surface area contributed by atoms with Crippen molar-refractivity contribution in [3.05, 3.63) is 35.4 Å². The lowest BCUT2D eigenvalue weighted by Crippen LogP contribution is -2.50. The average molecular weight is 333 g/mol. The van der Waals surface area contributed by atoms with Crippen LogP contribution in [-0.4, -0.2) is 48.9 Å². The highest BCUT2D eigenvalue weighted by atomic mass is 19.1. The van der Waals surface area contributed by atoms with Gasteiger partial charge in [0.05, 0.1) is 0 Å². The molecule has 3 heterocycles. The quantitative estimate of drug-likeness (QED) is 0.736. The largest absolute Gasteiger partial charge is 0.384 e. The summed E-state index contributed by atoms with van der Waals surface area (Å²) in [5, 5.41) is 3.00. The Balaban J connectivity index is 1.84. The van der Waals surface area contributed by atoms with E-state index < -0.39 is 11.6 Å². The van der Waals surface area contributed by atoms with Gasteiger partial charge in [0.25, 0.3) is 0 Å². The van der Waals surface area contributed by atoms with E-state index in [9.17, 15) is 4.39 Å². The zero-order valence-electron chi connectivity index (χ0n) is 14.1. The molecule has 1 aromatic rings. The topological polar surface area (TPSA) is 95.8 Å². The SMILES string of the molecule is CCC1=CNC(N)(c2cnc(N3CCN(C)CC3)c(F)c2)N=C1N. The average Bonchev–Trinajstić information content (AvgIpc) is 2.56. The zero-order valence-corrected chi connectivity index (χ0v) is 14.1. The van der Waals surface area contributed by atoms with Gasteiger partial charge >= 0.3 is 0 Å². The molecule has 130 valence electrons. The molecule has 1 saturated heterocycles. The van der Waals surface area contributed by atoms with Gasteiger partial charge in [-0.3, -0.25) is 5.73 Å². The molecule has 3 rings (SSSR count). The highest BCUT2D eigenvalue weighted by molar-refractivity contribution is 5.97. The summed E-state index contributed by atoms with van der Waals surface area (Å²) < 4.78 is 14.6. The fourth-order valence-corrected chi connectivity index (χ4v) is 2.89. The number of rotatable bonds is 3. The molecule has 8 heteroatoms. The minimum atomic E-state index is -1.29. The Bertz CT molecular complexity index is 679. The van der Waals surface area contributed by atoms with E-state index in [0.29, 0.717) is 17.2 Å². The molecule has 0 saturated carbocycles. The van der Waals surface area contributed by atoms with E-state index >= 15 is 0 Å². The highest BCUT2D eigenvalue weighted by Gasteiger charge is 2.31. The van der Waals surface area contributed by atoms with E-state index in [-0.39, 0.29) is 0 Å². The van der Waals surface area contributed by atoms with Gasteiger partial charge in [-0.05, 0) is 19.5 Å². The van der Waals surface area contributed by atoms with Crippen molar-refractivity contribution >= 4 is 11.7 Å². The van der Waals surface area contributed by atoms with Crippen LogP contribution in [0.3, 0.4) is 0 Å². The number of nitrogens with zero attached hydrogens (tertiary/aromatic N) is 4. The van der Waals surface area contributed by atoms with Gasteiger partial charge in [-0.2, -0.15) is 0 Å². The fourth-order valence-electron chi connectivity index (χ4n) is 2.89. The van der Waals surface area contributed by atoms with Gasteiger partial charge in [-0.15, -0.1) is 0 Å². The standard InChI is InChI=1S/C16H24FN7/c1-3-11-9-21-16(19,22-14(11)18)12-8-13(17)15(20-10-12)24-6-4-23(2)5-7-24/h8-10,21H,3-7,19H2,1-2H3,(H2,18,22). The van der Waals surface area contributed by atoms with Crippen LogP contribution in [0.5, 0.6) is 0 Å². The van der Waals surface area contributed by atoms with Crippen LogP contribution in [-0.2, 0) is 5.79 Å². The molecule has 1 fully saturated rings. The summed E-state index contributed by atoms with van der Waals surface area (Å²) in [6.07, 6.45) is 4.04. The van der Waals surface area contributed by atoms with E-state index in [1.807, 2.05) is 11.8 Å². The van der Waals surface area contributed by atoms with Crippen molar-refractivity contribution in [2.24, 2.45) is 16.5 Å². The summed E-state index contributed by atoms with van der Waals surface area (Å²) in [6.45, 7) is 5.25. The second kappa shape index (κ2) is 6.37. The second-order valence-corrected chi connectivity index (χ2v) is 6.25. The summed E-state index contributed by atoms with van der Waals surface area (Å²) >= 11 is 0. The first kappa shape index (κ1) is 16.7. The van der Waals surface area contributed by atoms with Gasteiger partial charge in [0.1, 0.15) is 5.84 Å². The summed E-state index contributed by atoms with van der Waals surface area (Å²) in [6, 6.07) is 1.38. The van der Waals surface area contributed by atoms with Gasteiger partial charge in [0.15, 0.2) is 11.6 Å². The van der Waals surface area contributed by atoms with Crippen molar-refractivity contribution in [2.75, 3.05) is 38.1 Å². The third kappa shape index (κ3) is 3.07. The molecule has 1 unspecified atom stereocenters. The Hall–Kier alpha value is -2.19. The fraction of sp³-hybridized carbons (Fsp3) is 0.500. The molecule has 0 spiro atoms. The number of nitrogens with two attached hydrogens (primary N) is 2. The Morgan fingerprint density at radius 1 is 1.33 bits per heavy atom. The summed E-state index contributed by atoms with van der Waals surface area (Å²) in [7, 11) is 2.05. The first-order valence-corrected chi connectivity index (χ1v) is 8.14. The number of aromatic nitrogens is 1. The zero-order chi connectivity index (χ0) is 17.3. The number of halogens is 1. The number of hydrogen-bond donors (Lipinski definition) is 3. The summed E-state index contributed by atoms with van der Waals surface area (Å²) in [5.41, 5.74) is 13.5. The molecule has 2 aliphatic heterocycles. The van der Waals surface area contributed by atoms with Crippen molar-refractivity contribution in [1.82, 2.24) is 15.2 Å². The molecular formula is C16H24FN7. The third-order valence-corrected chi connectivity index (χ3v) is 4.54. The maximum Gasteiger partial charge on any atom is 0.212 e.